The van der Waals surface area contributed by atoms with Gasteiger partial charge in [-0.3, -0.25) is 9.48 Å². The third-order valence-corrected chi connectivity index (χ3v) is 1.41. The summed E-state index contributed by atoms with van der Waals surface area (Å²) in [5, 5.41) is 19.2. The highest BCUT2D eigenvalue weighted by atomic mass is 19.4. The summed E-state index contributed by atoms with van der Waals surface area (Å²) in [7, 11) is 0. The summed E-state index contributed by atoms with van der Waals surface area (Å²) in [4.78, 5) is 22.8. The van der Waals surface area contributed by atoms with Crippen LogP contribution in [0.15, 0.2) is 12.7 Å². The fourth-order valence-electron chi connectivity index (χ4n) is 0.607. The molecule has 0 aliphatic heterocycles. The van der Waals surface area contributed by atoms with Gasteiger partial charge in [0.2, 0.25) is 0 Å². The first kappa shape index (κ1) is 15.8. The Kier molecular flexibility index (Phi) is 5.75. The number of carboxylic acid groups (broad SMARTS) is 2. The molecule has 0 amide bonds. The molecule has 8 nitrogen and oxygen atoms in total. The first-order chi connectivity index (χ1) is 8.14. The van der Waals surface area contributed by atoms with E-state index in [1.54, 1.807) is 0 Å². The first-order valence-corrected chi connectivity index (χ1v) is 4.25. The minimum atomic E-state index is -5.08. The van der Waals surface area contributed by atoms with Crippen LogP contribution >= 0.6 is 0 Å². The van der Waals surface area contributed by atoms with E-state index in [0.29, 0.717) is 0 Å². The second-order valence-electron chi connectivity index (χ2n) is 2.87. The summed E-state index contributed by atoms with van der Waals surface area (Å²) in [5.41, 5.74) is 5.22. The van der Waals surface area contributed by atoms with Gasteiger partial charge in [0.15, 0.2) is 0 Å². The predicted molar refractivity (Wildman–Crippen MR) is 49.3 cm³/mol. The second-order valence-corrected chi connectivity index (χ2v) is 2.87. The van der Waals surface area contributed by atoms with E-state index in [9.17, 15) is 18.0 Å². The summed E-state index contributed by atoms with van der Waals surface area (Å²) in [5.74, 6) is -3.80. The summed E-state index contributed by atoms with van der Waals surface area (Å²) in [6.45, 7) is 0.148. The zero-order valence-electron chi connectivity index (χ0n) is 8.70. The van der Waals surface area contributed by atoms with E-state index < -0.39 is 24.2 Å². The van der Waals surface area contributed by atoms with Gasteiger partial charge >= 0.3 is 18.1 Å². The zero-order chi connectivity index (χ0) is 14.3. The topological polar surface area (TPSA) is 131 Å². The number of aromatic nitrogens is 3. The Balaban J connectivity index is 0.000000360. The number of nitrogens with zero attached hydrogens (tertiary/aromatic N) is 3. The minimum absolute atomic E-state index is 0.148. The van der Waals surface area contributed by atoms with Gasteiger partial charge in [0, 0.05) is 0 Å². The van der Waals surface area contributed by atoms with Gasteiger partial charge in [-0.05, 0) is 0 Å². The van der Waals surface area contributed by atoms with Gasteiger partial charge in [-0.25, -0.2) is 9.78 Å². The van der Waals surface area contributed by atoms with Crippen LogP contribution in [0.4, 0.5) is 13.2 Å². The molecule has 1 atom stereocenters. The molecule has 0 aliphatic carbocycles. The fraction of sp³-hybridized carbons (Fsp3) is 0.429. The third-order valence-electron chi connectivity index (χ3n) is 1.41. The van der Waals surface area contributed by atoms with Crippen molar-refractivity contribution < 1.29 is 33.0 Å². The Morgan fingerprint density at radius 3 is 2.17 bits per heavy atom. The number of nitrogens with two attached hydrogens (primary N) is 1. The van der Waals surface area contributed by atoms with Crippen molar-refractivity contribution in [3.8, 4) is 0 Å². The number of hydrogen-bond donors (Lipinski definition) is 3. The van der Waals surface area contributed by atoms with Gasteiger partial charge in [0.1, 0.15) is 18.7 Å². The average molecular weight is 270 g/mol. The molecule has 11 heteroatoms. The molecule has 0 radical (unpaired) electrons. The SMILES string of the molecule is N[C@H](Cn1cncn1)C(=O)O.O=C(O)C(F)(F)F. The van der Waals surface area contributed by atoms with E-state index in [0.717, 1.165) is 0 Å². The van der Waals surface area contributed by atoms with Crippen molar-refractivity contribution in [2.75, 3.05) is 0 Å². The lowest BCUT2D eigenvalue weighted by Gasteiger charge is -2.04. The third kappa shape index (κ3) is 6.42. The Morgan fingerprint density at radius 2 is 1.89 bits per heavy atom. The van der Waals surface area contributed by atoms with E-state index in [1.165, 1.54) is 17.3 Å². The molecule has 0 fully saturated rings. The quantitative estimate of drug-likeness (QED) is 0.663. The molecule has 0 saturated heterocycles. The van der Waals surface area contributed by atoms with Crippen molar-refractivity contribution in [3.05, 3.63) is 12.7 Å². The smallest absolute Gasteiger partial charge is 0.480 e. The number of halogens is 3. The monoisotopic (exact) mass is 270 g/mol. The van der Waals surface area contributed by atoms with Crippen molar-refractivity contribution in [2.45, 2.75) is 18.8 Å². The Bertz CT molecular complexity index is 392. The number of carboxylic acids is 2. The maximum Gasteiger partial charge on any atom is 0.490 e. The largest absolute Gasteiger partial charge is 0.490 e. The van der Waals surface area contributed by atoms with Crippen LogP contribution in [0.25, 0.3) is 0 Å². The maximum atomic E-state index is 10.6. The van der Waals surface area contributed by atoms with Crippen molar-refractivity contribution in [3.63, 3.8) is 0 Å². The van der Waals surface area contributed by atoms with Crippen molar-refractivity contribution >= 4 is 11.9 Å². The molecule has 0 spiro atoms. The van der Waals surface area contributed by atoms with E-state index in [4.69, 9.17) is 20.7 Å². The molecule has 0 saturated carbocycles. The van der Waals surface area contributed by atoms with Crippen LogP contribution in [0, 0.1) is 0 Å². The molecule has 102 valence electrons. The number of carbonyl (C=O) groups is 2. The molecular weight excluding hydrogens is 261 g/mol. The minimum Gasteiger partial charge on any atom is -0.480 e. The van der Waals surface area contributed by atoms with Crippen LogP contribution in [0.5, 0.6) is 0 Å². The summed E-state index contributed by atoms with van der Waals surface area (Å²) in [6, 6.07) is -0.920. The number of aliphatic carboxylic acids is 2. The van der Waals surface area contributed by atoms with Crippen LogP contribution < -0.4 is 5.73 Å². The predicted octanol–water partition coefficient (Wildman–Crippen LogP) is -0.677. The van der Waals surface area contributed by atoms with Gasteiger partial charge in [-0.15, -0.1) is 0 Å². The number of alkyl halides is 3. The van der Waals surface area contributed by atoms with Gasteiger partial charge in [0.25, 0.3) is 0 Å². The maximum absolute atomic E-state index is 10.6. The summed E-state index contributed by atoms with van der Waals surface area (Å²) < 4.78 is 33.1. The van der Waals surface area contributed by atoms with Crippen LogP contribution in [-0.4, -0.2) is 49.1 Å². The van der Waals surface area contributed by atoms with Crippen LogP contribution in [0.2, 0.25) is 0 Å². The van der Waals surface area contributed by atoms with Gasteiger partial charge in [0.05, 0.1) is 6.54 Å². The Labute approximate surface area is 97.8 Å². The molecule has 1 rings (SSSR count). The molecule has 0 unspecified atom stereocenters. The van der Waals surface area contributed by atoms with Crippen molar-refractivity contribution in [1.29, 1.82) is 0 Å². The highest BCUT2D eigenvalue weighted by Gasteiger charge is 2.38. The average Bonchev–Trinajstić information content (AvgIpc) is 2.69. The van der Waals surface area contributed by atoms with Gasteiger partial charge < -0.3 is 15.9 Å². The molecule has 0 aliphatic rings. The number of rotatable bonds is 3. The Hall–Kier alpha value is -2.17. The number of hydrogen-bond acceptors (Lipinski definition) is 5. The molecule has 1 aromatic heterocycles. The molecule has 1 aromatic rings. The lowest BCUT2D eigenvalue weighted by Crippen LogP contribution is -2.34. The van der Waals surface area contributed by atoms with Crippen LogP contribution in [-0.2, 0) is 16.1 Å². The highest BCUT2D eigenvalue weighted by molar-refractivity contribution is 5.73. The summed E-state index contributed by atoms with van der Waals surface area (Å²) in [6.07, 6.45) is -2.34. The molecule has 18 heavy (non-hydrogen) atoms. The van der Waals surface area contributed by atoms with E-state index in [2.05, 4.69) is 10.1 Å². The molecule has 1 heterocycles. The molecule has 4 N–H and O–H groups in total. The molecular formula is C7H9F3N4O4. The van der Waals surface area contributed by atoms with E-state index in [1.807, 2.05) is 0 Å². The fourth-order valence-corrected chi connectivity index (χ4v) is 0.607. The molecule has 0 bridgehead atoms. The van der Waals surface area contributed by atoms with Crippen LogP contribution in [0.3, 0.4) is 0 Å². The lowest BCUT2D eigenvalue weighted by atomic mass is 10.3. The Morgan fingerprint density at radius 1 is 1.39 bits per heavy atom. The zero-order valence-corrected chi connectivity index (χ0v) is 8.70. The standard InChI is InChI=1S/C5H8N4O2.C2HF3O2/c6-4(5(10)11)1-9-3-7-2-8-9;3-2(4,5)1(6)7/h2-4H,1,6H2,(H,10,11);(H,6,7)/t4-;/m1./s1. The van der Waals surface area contributed by atoms with Crippen molar-refractivity contribution in [1.82, 2.24) is 14.8 Å². The molecule has 0 aromatic carbocycles. The lowest BCUT2D eigenvalue weighted by molar-refractivity contribution is -0.192. The van der Waals surface area contributed by atoms with E-state index >= 15 is 0 Å². The van der Waals surface area contributed by atoms with Crippen molar-refractivity contribution in [2.24, 2.45) is 5.73 Å². The first-order valence-electron chi connectivity index (χ1n) is 4.25. The highest BCUT2D eigenvalue weighted by Crippen LogP contribution is 2.13. The van der Waals surface area contributed by atoms with Crippen LogP contribution in [0.1, 0.15) is 0 Å². The second kappa shape index (κ2) is 6.54. The van der Waals surface area contributed by atoms with Gasteiger partial charge in [-0.2, -0.15) is 18.3 Å². The van der Waals surface area contributed by atoms with E-state index in [-0.39, 0.29) is 6.54 Å². The summed E-state index contributed by atoms with van der Waals surface area (Å²) >= 11 is 0. The van der Waals surface area contributed by atoms with Gasteiger partial charge in [-0.1, -0.05) is 0 Å². The normalized spacial score (nSPS) is 12.2.